The van der Waals surface area contributed by atoms with Gasteiger partial charge in [0, 0.05) is 51.9 Å². The van der Waals surface area contributed by atoms with Gasteiger partial charge in [-0.05, 0) is 54.0 Å². The second-order valence-electron chi connectivity index (χ2n) is 11.8. The minimum Gasteiger partial charge on any atom is -0.379 e. The quantitative estimate of drug-likeness (QED) is 0.473. The molecule has 2 aliphatic carbocycles. The predicted molar refractivity (Wildman–Crippen MR) is 142 cm³/mol. The molecule has 0 saturated carbocycles. The van der Waals surface area contributed by atoms with E-state index in [-0.39, 0.29) is 33.0 Å². The highest BCUT2D eigenvalue weighted by Crippen LogP contribution is 2.52. The summed E-state index contributed by atoms with van der Waals surface area (Å²) in [6.07, 6.45) is 1.92. The Balaban J connectivity index is 1.71. The molecule has 1 N–H and O–H groups in total. The maximum absolute atomic E-state index is 13.6. The summed E-state index contributed by atoms with van der Waals surface area (Å²) < 4.78 is 32.0. The number of carbonyl (C=O) groups excluding carboxylic acids is 2. The van der Waals surface area contributed by atoms with Crippen molar-refractivity contribution in [1.29, 1.82) is 0 Å². The Labute approximate surface area is 222 Å². The van der Waals surface area contributed by atoms with Gasteiger partial charge in [0.2, 0.25) is 0 Å². The van der Waals surface area contributed by atoms with Crippen molar-refractivity contribution in [1.82, 2.24) is 5.32 Å². The molecular formula is C29H30ClNO5S. The lowest BCUT2D eigenvalue weighted by molar-refractivity contribution is -0.119. The molecule has 0 radical (unpaired) electrons. The van der Waals surface area contributed by atoms with Crippen molar-refractivity contribution in [2.75, 3.05) is 0 Å². The Morgan fingerprint density at radius 1 is 0.838 bits per heavy atom. The molecule has 0 unspecified atom stereocenters. The van der Waals surface area contributed by atoms with Crippen LogP contribution in [-0.2, 0) is 19.7 Å². The van der Waals surface area contributed by atoms with E-state index in [1.807, 2.05) is 27.7 Å². The normalized spacial score (nSPS) is 21.3. The van der Waals surface area contributed by atoms with Crippen molar-refractivity contribution in [3.63, 3.8) is 0 Å². The smallest absolute Gasteiger partial charge is 0.339 e. The Bertz CT molecular complexity index is 1430. The maximum atomic E-state index is 13.6. The van der Waals surface area contributed by atoms with Crippen molar-refractivity contribution >= 4 is 33.3 Å². The van der Waals surface area contributed by atoms with Gasteiger partial charge in [0.1, 0.15) is 10.6 Å². The second-order valence-corrected chi connectivity index (χ2v) is 13.7. The van der Waals surface area contributed by atoms with Crippen LogP contribution in [0.15, 0.2) is 76.0 Å². The third-order valence-electron chi connectivity index (χ3n) is 7.23. The highest BCUT2D eigenvalue weighted by Gasteiger charge is 2.47. The summed E-state index contributed by atoms with van der Waals surface area (Å²) >= 11 is 6.42. The van der Waals surface area contributed by atoms with Crippen LogP contribution in [0, 0.1) is 10.8 Å². The van der Waals surface area contributed by atoms with Gasteiger partial charge >= 0.3 is 10.1 Å². The molecule has 0 aromatic heterocycles. The molecule has 3 aliphatic rings. The first-order chi connectivity index (χ1) is 17.3. The standard InChI is InChI=1S/C29H30ClNO5S/c1-28(2)13-20-26(22(32)15-28)25(27-21(31-20)14-29(3,4)16-23(27)33)19-12-17(30)10-11-24(19)36-37(34,35)18-8-6-5-7-9-18/h5-12,25,31H,13-16H2,1-4H3. The highest BCUT2D eigenvalue weighted by atomic mass is 35.5. The summed E-state index contributed by atoms with van der Waals surface area (Å²) in [5.41, 5.74) is 2.47. The largest absolute Gasteiger partial charge is 0.379 e. The number of rotatable bonds is 4. The molecule has 0 fully saturated rings. The molecule has 1 heterocycles. The SMILES string of the molecule is CC1(C)CC(=O)C2=C(C1)NC1=C(C(=O)CC(C)(C)C1)C2c1cc(Cl)ccc1OS(=O)(=O)c1ccccc1. The van der Waals surface area contributed by atoms with Gasteiger partial charge in [-0.2, -0.15) is 8.42 Å². The van der Waals surface area contributed by atoms with Crippen LogP contribution in [0.5, 0.6) is 5.75 Å². The fourth-order valence-electron chi connectivity index (χ4n) is 5.77. The van der Waals surface area contributed by atoms with Crippen molar-refractivity contribution in [3.05, 3.63) is 81.7 Å². The van der Waals surface area contributed by atoms with Crippen LogP contribution in [0.3, 0.4) is 0 Å². The molecule has 2 aromatic carbocycles. The van der Waals surface area contributed by atoms with Gasteiger partial charge in [-0.15, -0.1) is 0 Å². The first-order valence-corrected chi connectivity index (χ1v) is 14.1. The molecule has 0 bridgehead atoms. The topological polar surface area (TPSA) is 89.5 Å². The lowest BCUT2D eigenvalue weighted by Gasteiger charge is -2.44. The Morgan fingerprint density at radius 2 is 1.38 bits per heavy atom. The van der Waals surface area contributed by atoms with Crippen molar-refractivity contribution in [2.24, 2.45) is 10.8 Å². The fourth-order valence-corrected chi connectivity index (χ4v) is 6.93. The van der Waals surface area contributed by atoms with E-state index >= 15 is 0 Å². The number of carbonyl (C=O) groups is 2. The molecule has 8 heteroatoms. The van der Waals surface area contributed by atoms with Gasteiger partial charge in [0.05, 0.1) is 0 Å². The highest BCUT2D eigenvalue weighted by molar-refractivity contribution is 7.87. The summed E-state index contributed by atoms with van der Waals surface area (Å²) in [5, 5.41) is 3.82. The van der Waals surface area contributed by atoms with Gasteiger partial charge in [-0.25, -0.2) is 0 Å². The molecule has 0 atom stereocenters. The number of allylic oxidation sites excluding steroid dienone is 4. The fraction of sp³-hybridized carbons (Fsp3) is 0.379. The number of hydrogen-bond acceptors (Lipinski definition) is 6. The van der Waals surface area contributed by atoms with Gasteiger partial charge in [-0.3, -0.25) is 9.59 Å². The van der Waals surface area contributed by atoms with Gasteiger partial charge in [0.25, 0.3) is 0 Å². The number of hydrogen-bond donors (Lipinski definition) is 1. The third kappa shape index (κ3) is 4.87. The first-order valence-electron chi connectivity index (χ1n) is 12.3. The summed E-state index contributed by atoms with van der Waals surface area (Å²) in [7, 11) is -4.17. The Kier molecular flexibility index (Phi) is 6.15. The van der Waals surface area contributed by atoms with Crippen LogP contribution in [0.1, 0.15) is 64.9 Å². The van der Waals surface area contributed by atoms with Crippen molar-refractivity contribution < 1.29 is 22.2 Å². The molecule has 194 valence electrons. The average molecular weight is 540 g/mol. The van der Waals surface area contributed by atoms with E-state index in [9.17, 15) is 18.0 Å². The van der Waals surface area contributed by atoms with Crippen LogP contribution in [0.25, 0.3) is 0 Å². The lowest BCUT2D eigenvalue weighted by atomic mass is 9.64. The summed E-state index contributed by atoms with van der Waals surface area (Å²) in [5.74, 6) is -0.846. The van der Waals surface area contributed by atoms with Crippen LogP contribution in [0.4, 0.5) is 0 Å². The minimum absolute atomic E-state index is 0.00649. The zero-order valence-corrected chi connectivity index (χ0v) is 22.9. The van der Waals surface area contributed by atoms with Crippen LogP contribution in [-0.4, -0.2) is 20.0 Å². The van der Waals surface area contributed by atoms with E-state index in [1.165, 1.54) is 18.2 Å². The van der Waals surface area contributed by atoms with Crippen LogP contribution < -0.4 is 9.50 Å². The van der Waals surface area contributed by atoms with E-state index in [0.29, 0.717) is 47.4 Å². The summed E-state index contributed by atoms with van der Waals surface area (Å²) in [4.78, 5) is 27.2. The molecule has 0 saturated heterocycles. The Morgan fingerprint density at radius 3 is 1.92 bits per heavy atom. The second kappa shape index (κ2) is 8.84. The number of nitrogens with one attached hydrogen (secondary N) is 1. The molecular weight excluding hydrogens is 510 g/mol. The zero-order chi connectivity index (χ0) is 26.8. The summed E-state index contributed by atoms with van der Waals surface area (Å²) in [6.45, 7) is 8.19. The lowest BCUT2D eigenvalue weighted by Crippen LogP contribution is -2.42. The minimum atomic E-state index is -4.17. The molecule has 6 nitrogen and oxygen atoms in total. The molecule has 2 aromatic rings. The van der Waals surface area contributed by atoms with Crippen LogP contribution in [0.2, 0.25) is 5.02 Å². The van der Waals surface area contributed by atoms with Gasteiger partial charge in [0.15, 0.2) is 11.6 Å². The zero-order valence-electron chi connectivity index (χ0n) is 21.4. The third-order valence-corrected chi connectivity index (χ3v) is 8.72. The van der Waals surface area contributed by atoms with Gasteiger partial charge < -0.3 is 9.50 Å². The van der Waals surface area contributed by atoms with Crippen molar-refractivity contribution in [3.8, 4) is 5.75 Å². The molecule has 1 aliphatic heterocycles. The number of benzene rings is 2. The molecule has 5 rings (SSSR count). The number of halogens is 1. The van der Waals surface area contributed by atoms with E-state index in [1.54, 1.807) is 30.3 Å². The number of ketones is 2. The monoisotopic (exact) mass is 539 g/mol. The Hall–Kier alpha value is -2.90. The maximum Gasteiger partial charge on any atom is 0.339 e. The molecule has 37 heavy (non-hydrogen) atoms. The van der Waals surface area contributed by atoms with Crippen LogP contribution >= 0.6 is 11.6 Å². The van der Waals surface area contributed by atoms with E-state index in [0.717, 1.165) is 11.4 Å². The van der Waals surface area contributed by atoms with E-state index < -0.39 is 16.0 Å². The summed E-state index contributed by atoms with van der Waals surface area (Å²) in [6, 6.07) is 12.5. The average Bonchev–Trinajstić information content (AvgIpc) is 2.77. The molecule has 0 spiro atoms. The molecule has 0 amide bonds. The van der Waals surface area contributed by atoms with E-state index in [2.05, 4.69) is 5.32 Å². The first kappa shape index (κ1) is 25.7. The van der Waals surface area contributed by atoms with E-state index in [4.69, 9.17) is 15.8 Å². The predicted octanol–water partition coefficient (Wildman–Crippen LogP) is 6.08. The number of Topliss-reactive ketones (excluding diaryl/α,β-unsaturated/α-hetero) is 2. The van der Waals surface area contributed by atoms with Crippen molar-refractivity contribution in [2.45, 2.75) is 64.2 Å². The number of dihydropyridines is 1. The van der Waals surface area contributed by atoms with Gasteiger partial charge in [-0.1, -0.05) is 57.5 Å².